The first-order valence-electron chi connectivity index (χ1n) is 7.20. The molecule has 0 aromatic heterocycles. The van der Waals surface area contributed by atoms with E-state index in [1.54, 1.807) is 0 Å². The van der Waals surface area contributed by atoms with Crippen molar-refractivity contribution < 1.29 is 13.6 Å². The minimum atomic E-state index is -2.78. The van der Waals surface area contributed by atoms with Crippen LogP contribution in [0, 0.1) is 5.41 Å². The van der Waals surface area contributed by atoms with E-state index in [0.29, 0.717) is 6.54 Å². The van der Waals surface area contributed by atoms with Crippen LogP contribution in [0.3, 0.4) is 0 Å². The quantitative estimate of drug-likeness (QED) is 0.870. The van der Waals surface area contributed by atoms with Gasteiger partial charge >= 0.3 is 0 Å². The molecule has 1 aromatic rings. The van der Waals surface area contributed by atoms with Gasteiger partial charge in [-0.15, -0.1) is 12.4 Å². The minimum Gasteiger partial charge on any atom is -0.354 e. The van der Waals surface area contributed by atoms with Crippen LogP contribution in [0.15, 0.2) is 30.3 Å². The van der Waals surface area contributed by atoms with E-state index in [4.69, 9.17) is 0 Å². The van der Waals surface area contributed by atoms with E-state index in [9.17, 15) is 13.6 Å². The van der Waals surface area contributed by atoms with E-state index >= 15 is 0 Å². The zero-order valence-corrected chi connectivity index (χ0v) is 13.7. The van der Waals surface area contributed by atoms with Crippen molar-refractivity contribution in [3.8, 4) is 0 Å². The molecule has 1 heterocycles. The fourth-order valence-corrected chi connectivity index (χ4v) is 2.56. The molecule has 1 atom stereocenters. The van der Waals surface area contributed by atoms with E-state index in [2.05, 4.69) is 24.5 Å². The lowest BCUT2D eigenvalue weighted by molar-refractivity contribution is -0.123. The molecule has 22 heavy (non-hydrogen) atoms. The van der Waals surface area contributed by atoms with Crippen LogP contribution < -0.4 is 10.6 Å². The Morgan fingerprint density at radius 3 is 2.55 bits per heavy atom. The molecular formula is C16H23ClF2N2O. The topological polar surface area (TPSA) is 41.1 Å². The molecule has 1 fully saturated rings. The first-order chi connectivity index (χ1) is 9.77. The Morgan fingerprint density at radius 2 is 2.00 bits per heavy atom. The summed E-state index contributed by atoms with van der Waals surface area (Å²) in [5.41, 5.74) is 1.07. The van der Waals surface area contributed by atoms with Gasteiger partial charge in [0.15, 0.2) is 0 Å². The first kappa shape index (κ1) is 18.8. The molecule has 2 rings (SSSR count). The van der Waals surface area contributed by atoms with Gasteiger partial charge in [-0.05, 0) is 17.4 Å². The van der Waals surface area contributed by atoms with E-state index < -0.39 is 24.9 Å². The second-order valence-electron chi connectivity index (χ2n) is 6.54. The fraction of sp³-hybridized carbons (Fsp3) is 0.562. The predicted molar refractivity (Wildman–Crippen MR) is 85.5 cm³/mol. The van der Waals surface area contributed by atoms with Gasteiger partial charge in [-0.25, -0.2) is 8.78 Å². The highest BCUT2D eigenvalue weighted by molar-refractivity contribution is 5.85. The molecule has 124 valence electrons. The lowest BCUT2D eigenvalue weighted by Crippen LogP contribution is -2.44. The number of benzene rings is 1. The number of halogens is 3. The number of hydrogen-bond donors (Lipinski definition) is 2. The normalized spacial score (nSPS) is 20.3. The van der Waals surface area contributed by atoms with E-state index in [1.807, 2.05) is 30.3 Å². The van der Waals surface area contributed by atoms with Crippen LogP contribution in [0.5, 0.6) is 0 Å². The monoisotopic (exact) mass is 332 g/mol. The standard InChI is InChI=1S/C16H22F2N2O.ClH/c1-15(2,8-12-6-4-3-5-7-12)10-20-14(21)13-9-16(17,18)11-19-13;/h3-7,13,19H,8-11H2,1-2H3,(H,20,21);1H. The molecule has 1 amide bonds. The van der Waals surface area contributed by atoms with Crippen molar-refractivity contribution in [3.63, 3.8) is 0 Å². The van der Waals surface area contributed by atoms with Crippen LogP contribution in [-0.2, 0) is 11.2 Å². The summed E-state index contributed by atoms with van der Waals surface area (Å²) in [6.45, 7) is 4.15. The minimum absolute atomic E-state index is 0. The highest BCUT2D eigenvalue weighted by Crippen LogP contribution is 2.25. The van der Waals surface area contributed by atoms with Crippen molar-refractivity contribution in [1.82, 2.24) is 10.6 Å². The maximum atomic E-state index is 13.1. The highest BCUT2D eigenvalue weighted by Gasteiger charge is 2.42. The van der Waals surface area contributed by atoms with Gasteiger partial charge in [-0.1, -0.05) is 44.2 Å². The average Bonchev–Trinajstić information content (AvgIpc) is 2.77. The van der Waals surface area contributed by atoms with Crippen molar-refractivity contribution in [2.75, 3.05) is 13.1 Å². The van der Waals surface area contributed by atoms with Gasteiger partial charge in [0.2, 0.25) is 5.91 Å². The van der Waals surface area contributed by atoms with Crippen LogP contribution in [0.1, 0.15) is 25.8 Å². The molecule has 0 saturated carbocycles. The third-order valence-electron chi connectivity index (χ3n) is 3.69. The zero-order valence-electron chi connectivity index (χ0n) is 12.9. The van der Waals surface area contributed by atoms with Gasteiger partial charge in [0.1, 0.15) is 0 Å². The molecule has 0 bridgehead atoms. The van der Waals surface area contributed by atoms with E-state index in [1.165, 1.54) is 5.56 Å². The molecular weight excluding hydrogens is 310 g/mol. The second kappa shape index (κ2) is 7.38. The molecule has 0 radical (unpaired) electrons. The van der Waals surface area contributed by atoms with E-state index in [-0.39, 0.29) is 23.7 Å². The number of alkyl halides is 2. The summed E-state index contributed by atoms with van der Waals surface area (Å²) in [5, 5.41) is 5.36. The first-order valence-corrected chi connectivity index (χ1v) is 7.20. The number of carbonyl (C=O) groups is 1. The van der Waals surface area contributed by atoms with E-state index in [0.717, 1.165) is 6.42 Å². The second-order valence-corrected chi connectivity index (χ2v) is 6.54. The van der Waals surface area contributed by atoms with Gasteiger partial charge in [0, 0.05) is 13.0 Å². The molecule has 1 aromatic carbocycles. The Balaban J connectivity index is 0.00000242. The smallest absolute Gasteiger partial charge is 0.262 e. The van der Waals surface area contributed by atoms with Crippen molar-refractivity contribution in [3.05, 3.63) is 35.9 Å². The van der Waals surface area contributed by atoms with Crippen molar-refractivity contribution in [1.29, 1.82) is 0 Å². The lowest BCUT2D eigenvalue weighted by Gasteiger charge is -2.26. The molecule has 0 aliphatic carbocycles. The molecule has 6 heteroatoms. The van der Waals surface area contributed by atoms with Gasteiger partial charge in [0.05, 0.1) is 12.6 Å². The zero-order chi connectivity index (χ0) is 15.5. The summed E-state index contributed by atoms with van der Waals surface area (Å²) in [7, 11) is 0. The number of nitrogens with one attached hydrogen (secondary N) is 2. The fourth-order valence-electron chi connectivity index (χ4n) is 2.56. The van der Waals surface area contributed by atoms with Crippen LogP contribution in [0.2, 0.25) is 0 Å². The largest absolute Gasteiger partial charge is 0.354 e. The maximum Gasteiger partial charge on any atom is 0.262 e. The number of amides is 1. The van der Waals surface area contributed by atoms with Gasteiger partial charge in [-0.2, -0.15) is 0 Å². The molecule has 2 N–H and O–H groups in total. The van der Waals surface area contributed by atoms with Crippen molar-refractivity contribution in [2.24, 2.45) is 5.41 Å². The molecule has 1 unspecified atom stereocenters. The number of carbonyl (C=O) groups excluding carboxylic acids is 1. The summed E-state index contributed by atoms with van der Waals surface area (Å²) < 4.78 is 26.1. The van der Waals surface area contributed by atoms with Crippen LogP contribution in [-0.4, -0.2) is 31.0 Å². The molecule has 0 spiro atoms. The van der Waals surface area contributed by atoms with Gasteiger partial charge in [-0.3, -0.25) is 10.1 Å². The van der Waals surface area contributed by atoms with Crippen LogP contribution in [0.4, 0.5) is 8.78 Å². The third-order valence-corrected chi connectivity index (χ3v) is 3.69. The van der Waals surface area contributed by atoms with Crippen LogP contribution in [0.25, 0.3) is 0 Å². The molecule has 1 aliphatic heterocycles. The summed E-state index contributed by atoms with van der Waals surface area (Å²) in [5.74, 6) is -3.12. The van der Waals surface area contributed by atoms with Crippen LogP contribution >= 0.6 is 12.4 Å². The Bertz CT molecular complexity index is 494. The molecule has 3 nitrogen and oxygen atoms in total. The maximum absolute atomic E-state index is 13.1. The Morgan fingerprint density at radius 1 is 1.36 bits per heavy atom. The Labute approximate surface area is 136 Å². The summed E-state index contributed by atoms with van der Waals surface area (Å²) in [6.07, 6.45) is 0.403. The predicted octanol–water partition coefficient (Wildman–Crippen LogP) is 2.79. The number of hydrogen-bond acceptors (Lipinski definition) is 2. The average molecular weight is 333 g/mol. The Kier molecular flexibility index (Phi) is 6.32. The third kappa shape index (κ3) is 5.54. The highest BCUT2D eigenvalue weighted by atomic mass is 35.5. The van der Waals surface area contributed by atoms with Gasteiger partial charge in [0.25, 0.3) is 5.92 Å². The lowest BCUT2D eigenvalue weighted by atomic mass is 9.85. The number of rotatable bonds is 5. The summed E-state index contributed by atoms with van der Waals surface area (Å²) in [4.78, 5) is 11.9. The Hall–Kier alpha value is -1.20. The van der Waals surface area contributed by atoms with Crippen molar-refractivity contribution >= 4 is 18.3 Å². The molecule has 1 aliphatic rings. The van der Waals surface area contributed by atoms with Crippen molar-refractivity contribution in [2.45, 2.75) is 38.7 Å². The SMILES string of the molecule is CC(C)(CNC(=O)C1CC(F)(F)CN1)Cc1ccccc1.Cl. The summed E-state index contributed by atoms with van der Waals surface area (Å²) in [6, 6.07) is 9.23. The molecule has 1 saturated heterocycles. The summed E-state index contributed by atoms with van der Waals surface area (Å²) >= 11 is 0. The van der Waals surface area contributed by atoms with Gasteiger partial charge < -0.3 is 5.32 Å².